The molecule has 0 bridgehead atoms. The van der Waals surface area contributed by atoms with Crippen LogP contribution in [-0.2, 0) is 25.4 Å². The van der Waals surface area contributed by atoms with Crippen LogP contribution in [0.4, 0.5) is 0 Å². The molecule has 1 N–H and O–H groups in total. The molecule has 0 aliphatic heterocycles. The first kappa shape index (κ1) is 17.5. The molecule has 0 aliphatic carbocycles. The first-order valence-corrected chi connectivity index (χ1v) is 7.76. The van der Waals surface area contributed by atoms with Gasteiger partial charge >= 0.3 is 11.7 Å². The van der Waals surface area contributed by atoms with E-state index in [2.05, 4.69) is 9.97 Å². The van der Waals surface area contributed by atoms with E-state index in [1.54, 1.807) is 12.1 Å². The van der Waals surface area contributed by atoms with E-state index >= 15 is 0 Å². The van der Waals surface area contributed by atoms with Crippen molar-refractivity contribution in [3.8, 4) is 0 Å². The number of rotatable bonds is 5. The van der Waals surface area contributed by atoms with Crippen LogP contribution in [-0.4, -0.2) is 47.5 Å². The highest BCUT2D eigenvalue weighted by atomic mass is 16.5. The van der Waals surface area contributed by atoms with Gasteiger partial charge in [0.05, 0.1) is 18.4 Å². The van der Waals surface area contributed by atoms with Crippen LogP contribution in [0.25, 0.3) is 11.2 Å². The Morgan fingerprint density at radius 3 is 2.77 bits per heavy atom. The predicted molar refractivity (Wildman–Crippen MR) is 90.7 cm³/mol. The zero-order valence-electron chi connectivity index (χ0n) is 14.2. The Bertz CT molecular complexity index is 1070. The Hall–Kier alpha value is -3.27. The summed E-state index contributed by atoms with van der Waals surface area (Å²) in [6.45, 7) is -0.288. The van der Waals surface area contributed by atoms with Gasteiger partial charge in [-0.25, -0.2) is 14.6 Å². The average molecular weight is 359 g/mol. The number of aliphatic hydroxyl groups excluding tert-OH is 1. The number of hydrogen-bond donors (Lipinski definition) is 1. The number of esters is 1. The van der Waals surface area contributed by atoms with Gasteiger partial charge in [0.2, 0.25) is 0 Å². The molecular weight excluding hydrogens is 342 g/mol. The number of nitrogens with zero attached hydrogens (tertiary/aromatic N) is 5. The fraction of sp³-hybridized carbons (Fsp3) is 0.312. The minimum Gasteiger partial charge on any atom is -0.459 e. The number of imidazole rings is 1. The lowest BCUT2D eigenvalue weighted by Gasteiger charge is -2.13. The molecule has 3 rings (SSSR count). The average Bonchev–Trinajstić information content (AvgIpc) is 3.07. The first-order valence-electron chi connectivity index (χ1n) is 7.76. The highest BCUT2D eigenvalue weighted by Crippen LogP contribution is 2.07. The molecule has 136 valence electrons. The number of ether oxygens (including phenoxy) is 1. The number of carbonyl (C=O) groups is 1. The summed E-state index contributed by atoms with van der Waals surface area (Å²) in [6, 6.07) is 3.15. The van der Waals surface area contributed by atoms with Crippen molar-refractivity contribution in [3.05, 3.63) is 57.3 Å². The summed E-state index contributed by atoms with van der Waals surface area (Å²) in [6.07, 6.45) is 3.19. The maximum absolute atomic E-state index is 12.3. The smallest absolute Gasteiger partial charge is 0.339 e. The molecule has 3 aromatic heterocycles. The lowest BCUT2D eigenvalue weighted by atomic mass is 10.3. The van der Waals surface area contributed by atoms with Crippen molar-refractivity contribution in [2.45, 2.75) is 12.6 Å². The third kappa shape index (κ3) is 3.14. The molecule has 3 heterocycles. The van der Waals surface area contributed by atoms with Crippen molar-refractivity contribution < 1.29 is 14.6 Å². The van der Waals surface area contributed by atoms with Gasteiger partial charge in [-0.1, -0.05) is 0 Å². The number of aromatic nitrogens is 5. The minimum absolute atomic E-state index is 0.0235. The molecular formula is C16H17N5O5. The van der Waals surface area contributed by atoms with Gasteiger partial charge in [-0.3, -0.25) is 18.9 Å². The van der Waals surface area contributed by atoms with E-state index in [1.165, 1.54) is 42.0 Å². The third-order valence-electron chi connectivity index (χ3n) is 3.93. The number of hydrogen-bond acceptors (Lipinski definition) is 7. The fourth-order valence-corrected chi connectivity index (χ4v) is 2.55. The second kappa shape index (κ2) is 6.92. The molecule has 0 fully saturated rings. The summed E-state index contributed by atoms with van der Waals surface area (Å²) in [5.41, 5.74) is -0.319. The van der Waals surface area contributed by atoms with Gasteiger partial charge in [-0.15, -0.1) is 0 Å². The van der Waals surface area contributed by atoms with Crippen LogP contribution < -0.4 is 11.2 Å². The molecule has 0 saturated heterocycles. The number of aryl methyl sites for hydroxylation is 1. The maximum atomic E-state index is 12.3. The molecule has 1 atom stereocenters. The molecule has 0 aromatic carbocycles. The Morgan fingerprint density at radius 2 is 2.08 bits per heavy atom. The topological polar surface area (TPSA) is 121 Å². The number of fused-ring (bicyclic) bond motifs is 1. The molecule has 0 spiro atoms. The first-order chi connectivity index (χ1) is 12.4. The van der Waals surface area contributed by atoms with Gasteiger partial charge in [-0.2, -0.15) is 0 Å². The van der Waals surface area contributed by atoms with Gasteiger partial charge in [0, 0.05) is 26.5 Å². The van der Waals surface area contributed by atoms with Crippen LogP contribution in [0, 0.1) is 0 Å². The summed E-state index contributed by atoms with van der Waals surface area (Å²) in [4.78, 5) is 44.0. The standard InChI is InChI=1S/C16H17N5O5/c1-19-13-12(14(23)20(2)16(19)25)21(9-18-13)7-11(22)8-26-15(24)10-4-3-5-17-6-10/h3-6,9,11,22H,7-8H2,1-2H3/t11-/m0/s1. The molecule has 0 aliphatic rings. The van der Waals surface area contributed by atoms with Crippen molar-refractivity contribution in [2.75, 3.05) is 6.61 Å². The van der Waals surface area contributed by atoms with E-state index in [1.807, 2.05) is 0 Å². The highest BCUT2D eigenvalue weighted by molar-refractivity contribution is 5.88. The van der Waals surface area contributed by atoms with E-state index in [4.69, 9.17) is 4.74 Å². The molecule has 0 unspecified atom stereocenters. The van der Waals surface area contributed by atoms with E-state index in [-0.39, 0.29) is 29.9 Å². The molecule has 26 heavy (non-hydrogen) atoms. The van der Waals surface area contributed by atoms with Crippen LogP contribution in [0.15, 0.2) is 40.4 Å². The summed E-state index contributed by atoms with van der Waals surface area (Å²) in [5.74, 6) is -0.606. The van der Waals surface area contributed by atoms with Crippen molar-refractivity contribution >= 4 is 17.1 Å². The number of aliphatic hydroxyl groups is 1. The number of carbonyl (C=O) groups excluding carboxylic acids is 1. The normalized spacial score (nSPS) is 12.3. The summed E-state index contributed by atoms with van der Waals surface area (Å²) in [7, 11) is 2.88. The van der Waals surface area contributed by atoms with Gasteiger partial charge < -0.3 is 14.4 Å². The monoisotopic (exact) mass is 359 g/mol. The quantitative estimate of drug-likeness (QED) is 0.583. The summed E-state index contributed by atoms with van der Waals surface area (Å²) in [5, 5.41) is 10.1. The Balaban J connectivity index is 1.76. The Labute approximate surface area is 146 Å². The Morgan fingerprint density at radius 1 is 1.31 bits per heavy atom. The van der Waals surface area contributed by atoms with Gasteiger partial charge in [-0.05, 0) is 12.1 Å². The van der Waals surface area contributed by atoms with Gasteiger partial charge in [0.15, 0.2) is 11.2 Å². The molecule has 0 amide bonds. The van der Waals surface area contributed by atoms with E-state index in [0.717, 1.165) is 4.57 Å². The zero-order valence-corrected chi connectivity index (χ0v) is 14.2. The second-order valence-corrected chi connectivity index (χ2v) is 5.77. The fourth-order valence-electron chi connectivity index (χ4n) is 2.55. The van der Waals surface area contributed by atoms with Crippen LogP contribution in [0.5, 0.6) is 0 Å². The van der Waals surface area contributed by atoms with Crippen LogP contribution in [0.3, 0.4) is 0 Å². The van der Waals surface area contributed by atoms with Crippen molar-refractivity contribution in [2.24, 2.45) is 14.1 Å². The highest BCUT2D eigenvalue weighted by Gasteiger charge is 2.17. The minimum atomic E-state index is -1.06. The molecule has 0 radical (unpaired) electrons. The predicted octanol–water partition coefficient (Wildman–Crippen LogP) is -0.953. The Kier molecular flexibility index (Phi) is 4.67. The second-order valence-electron chi connectivity index (χ2n) is 5.77. The van der Waals surface area contributed by atoms with Crippen molar-refractivity contribution in [1.29, 1.82) is 0 Å². The lowest BCUT2D eigenvalue weighted by Crippen LogP contribution is -2.38. The van der Waals surface area contributed by atoms with Crippen LogP contribution in [0.2, 0.25) is 0 Å². The molecule has 0 saturated carbocycles. The van der Waals surface area contributed by atoms with Crippen LogP contribution in [0.1, 0.15) is 10.4 Å². The molecule has 10 heteroatoms. The zero-order chi connectivity index (χ0) is 18.8. The lowest BCUT2D eigenvalue weighted by molar-refractivity contribution is 0.0219. The largest absolute Gasteiger partial charge is 0.459 e. The van der Waals surface area contributed by atoms with Crippen LogP contribution >= 0.6 is 0 Å². The number of pyridine rings is 1. The molecule has 10 nitrogen and oxygen atoms in total. The van der Waals surface area contributed by atoms with Crippen molar-refractivity contribution in [3.63, 3.8) is 0 Å². The van der Waals surface area contributed by atoms with E-state index < -0.39 is 23.3 Å². The maximum Gasteiger partial charge on any atom is 0.339 e. The summed E-state index contributed by atoms with van der Waals surface area (Å²) >= 11 is 0. The molecule has 3 aromatic rings. The van der Waals surface area contributed by atoms with Gasteiger partial charge in [0.25, 0.3) is 5.56 Å². The van der Waals surface area contributed by atoms with Crippen molar-refractivity contribution in [1.82, 2.24) is 23.7 Å². The van der Waals surface area contributed by atoms with E-state index in [9.17, 15) is 19.5 Å². The van der Waals surface area contributed by atoms with E-state index in [0.29, 0.717) is 0 Å². The van der Waals surface area contributed by atoms with Gasteiger partial charge in [0.1, 0.15) is 12.7 Å². The summed E-state index contributed by atoms with van der Waals surface area (Å²) < 4.78 is 8.70. The SMILES string of the molecule is Cn1c(=O)c2c(ncn2C[C@H](O)COC(=O)c2cccnc2)n(C)c1=O. The third-order valence-corrected chi connectivity index (χ3v) is 3.93.